The Morgan fingerprint density at radius 1 is 1.11 bits per heavy atom. The van der Waals surface area contributed by atoms with E-state index in [1.54, 1.807) is 0 Å². The number of rotatable bonds is 5. The molecule has 2 aliphatic rings. The van der Waals surface area contributed by atoms with Gasteiger partial charge >= 0.3 is 0 Å². The van der Waals surface area contributed by atoms with Gasteiger partial charge in [0, 0.05) is 64.2 Å². The van der Waals surface area contributed by atoms with Gasteiger partial charge in [0.1, 0.15) is 0 Å². The third-order valence-corrected chi connectivity index (χ3v) is 4.13. The van der Waals surface area contributed by atoms with E-state index in [2.05, 4.69) is 24.7 Å². The number of imidazole rings is 1. The molecule has 0 aromatic carbocycles. The molecule has 0 aliphatic carbocycles. The largest absolute Gasteiger partial charge is 0.337 e. The van der Waals surface area contributed by atoms with Crippen LogP contribution in [-0.2, 0) is 6.54 Å². The molecule has 3 rings (SSSR count). The van der Waals surface area contributed by atoms with E-state index >= 15 is 0 Å². The van der Waals surface area contributed by atoms with Gasteiger partial charge in [-0.1, -0.05) is 0 Å². The summed E-state index contributed by atoms with van der Waals surface area (Å²) in [6, 6.07) is 0.818. The summed E-state index contributed by atoms with van der Waals surface area (Å²) in [4.78, 5) is 9.31. The fourth-order valence-corrected chi connectivity index (χ4v) is 2.78. The first-order valence-corrected chi connectivity index (χ1v) is 7.05. The van der Waals surface area contributed by atoms with Crippen molar-refractivity contribution in [3.8, 4) is 0 Å². The van der Waals surface area contributed by atoms with Crippen LogP contribution in [0.1, 0.15) is 6.42 Å². The molecule has 0 saturated carbocycles. The maximum atomic E-state index is 4.07. The van der Waals surface area contributed by atoms with Crippen molar-refractivity contribution < 1.29 is 0 Å². The number of aromatic nitrogens is 2. The molecule has 1 N–H and O–H groups in total. The fourth-order valence-electron chi connectivity index (χ4n) is 2.78. The van der Waals surface area contributed by atoms with Gasteiger partial charge in [-0.15, -0.1) is 0 Å². The summed E-state index contributed by atoms with van der Waals surface area (Å²) in [5.74, 6) is 0. The molecule has 1 aromatic heterocycles. The van der Waals surface area contributed by atoms with Gasteiger partial charge in [-0.3, -0.25) is 4.90 Å². The van der Waals surface area contributed by atoms with Crippen LogP contribution < -0.4 is 5.32 Å². The normalized spacial score (nSPS) is 23.1. The van der Waals surface area contributed by atoms with Crippen molar-refractivity contribution in [3.63, 3.8) is 0 Å². The van der Waals surface area contributed by atoms with Gasteiger partial charge in [0.05, 0.1) is 6.33 Å². The molecule has 5 nitrogen and oxygen atoms in total. The first kappa shape index (κ1) is 12.1. The molecule has 0 bridgehead atoms. The van der Waals surface area contributed by atoms with E-state index in [9.17, 15) is 0 Å². The Hall–Kier alpha value is -0.910. The zero-order valence-electron chi connectivity index (χ0n) is 11.0. The molecule has 0 radical (unpaired) electrons. The predicted octanol–water partition coefficient (Wildman–Crippen LogP) is -0.137. The summed E-state index contributed by atoms with van der Waals surface area (Å²) in [7, 11) is 0. The summed E-state index contributed by atoms with van der Waals surface area (Å²) < 4.78 is 2.16. The molecule has 2 saturated heterocycles. The number of nitrogens with zero attached hydrogens (tertiary/aromatic N) is 4. The summed E-state index contributed by atoms with van der Waals surface area (Å²) in [6.07, 6.45) is 7.02. The lowest BCUT2D eigenvalue weighted by atomic mass is 10.1. The van der Waals surface area contributed by atoms with Gasteiger partial charge in [-0.05, 0) is 13.0 Å². The number of hydrogen-bond acceptors (Lipinski definition) is 4. The Kier molecular flexibility index (Phi) is 3.93. The monoisotopic (exact) mass is 249 g/mol. The van der Waals surface area contributed by atoms with Crippen LogP contribution in [0.5, 0.6) is 0 Å². The molecule has 3 heterocycles. The summed E-state index contributed by atoms with van der Waals surface area (Å²) in [5.41, 5.74) is 0. The molecular formula is C13H23N5. The SMILES string of the molecule is c1cn(CCCN2CCN(C3CNC3)CC2)cn1. The number of hydrogen-bond donors (Lipinski definition) is 1. The summed E-state index contributed by atoms with van der Waals surface area (Å²) in [6.45, 7) is 9.67. The third-order valence-electron chi connectivity index (χ3n) is 4.13. The van der Waals surface area contributed by atoms with Gasteiger partial charge in [0.25, 0.3) is 0 Å². The molecule has 100 valence electrons. The minimum absolute atomic E-state index is 0.818. The van der Waals surface area contributed by atoms with Gasteiger partial charge in [0.15, 0.2) is 0 Å². The van der Waals surface area contributed by atoms with Gasteiger partial charge < -0.3 is 14.8 Å². The summed E-state index contributed by atoms with van der Waals surface area (Å²) in [5, 5.41) is 3.36. The zero-order valence-corrected chi connectivity index (χ0v) is 11.0. The van der Waals surface area contributed by atoms with Gasteiger partial charge in [0.2, 0.25) is 0 Å². The second-order valence-corrected chi connectivity index (χ2v) is 5.34. The molecular weight excluding hydrogens is 226 g/mol. The minimum atomic E-state index is 0.818. The van der Waals surface area contributed by atoms with Crippen LogP contribution in [0.4, 0.5) is 0 Å². The molecule has 2 aliphatic heterocycles. The summed E-state index contributed by atoms with van der Waals surface area (Å²) >= 11 is 0. The van der Waals surface area contributed by atoms with Crippen molar-refractivity contribution in [3.05, 3.63) is 18.7 Å². The highest BCUT2D eigenvalue weighted by atomic mass is 15.3. The van der Waals surface area contributed by atoms with Crippen molar-refractivity contribution in [2.45, 2.75) is 19.0 Å². The molecule has 18 heavy (non-hydrogen) atoms. The quantitative estimate of drug-likeness (QED) is 0.788. The van der Waals surface area contributed by atoms with E-state index < -0.39 is 0 Å². The number of piperazine rings is 1. The highest BCUT2D eigenvalue weighted by Gasteiger charge is 2.27. The van der Waals surface area contributed by atoms with E-state index in [-0.39, 0.29) is 0 Å². The van der Waals surface area contributed by atoms with Crippen molar-refractivity contribution in [2.75, 3.05) is 45.8 Å². The third kappa shape index (κ3) is 2.91. The van der Waals surface area contributed by atoms with Crippen LogP contribution in [0, 0.1) is 0 Å². The number of nitrogens with one attached hydrogen (secondary N) is 1. The smallest absolute Gasteiger partial charge is 0.0945 e. The maximum Gasteiger partial charge on any atom is 0.0945 e. The van der Waals surface area contributed by atoms with Crippen molar-refractivity contribution in [1.29, 1.82) is 0 Å². The fraction of sp³-hybridized carbons (Fsp3) is 0.769. The van der Waals surface area contributed by atoms with Crippen molar-refractivity contribution in [2.24, 2.45) is 0 Å². The lowest BCUT2D eigenvalue weighted by Crippen LogP contribution is -2.61. The Morgan fingerprint density at radius 3 is 2.56 bits per heavy atom. The maximum absolute atomic E-state index is 4.07. The molecule has 1 aromatic rings. The Balaban J connectivity index is 1.33. The molecule has 5 heteroatoms. The van der Waals surface area contributed by atoms with Crippen LogP contribution in [0.2, 0.25) is 0 Å². The Labute approximate surface area is 109 Å². The second-order valence-electron chi connectivity index (χ2n) is 5.34. The lowest BCUT2D eigenvalue weighted by Gasteiger charge is -2.43. The van der Waals surface area contributed by atoms with Crippen LogP contribution in [0.3, 0.4) is 0 Å². The van der Waals surface area contributed by atoms with Crippen LogP contribution in [0.15, 0.2) is 18.7 Å². The molecule has 0 unspecified atom stereocenters. The minimum Gasteiger partial charge on any atom is -0.337 e. The Morgan fingerprint density at radius 2 is 1.94 bits per heavy atom. The Bertz CT molecular complexity index is 338. The second kappa shape index (κ2) is 5.82. The van der Waals surface area contributed by atoms with Gasteiger partial charge in [-0.2, -0.15) is 0 Å². The van der Waals surface area contributed by atoms with E-state index in [1.807, 2.05) is 18.7 Å². The van der Waals surface area contributed by atoms with Gasteiger partial charge in [-0.25, -0.2) is 4.98 Å². The molecule has 2 fully saturated rings. The van der Waals surface area contributed by atoms with Crippen LogP contribution in [0.25, 0.3) is 0 Å². The van der Waals surface area contributed by atoms with E-state index in [1.165, 1.54) is 52.2 Å². The highest BCUT2D eigenvalue weighted by molar-refractivity contribution is 4.87. The molecule has 0 atom stereocenters. The van der Waals surface area contributed by atoms with E-state index in [4.69, 9.17) is 0 Å². The van der Waals surface area contributed by atoms with Crippen molar-refractivity contribution in [1.82, 2.24) is 24.7 Å². The topological polar surface area (TPSA) is 36.3 Å². The number of aryl methyl sites for hydroxylation is 1. The molecule has 0 spiro atoms. The molecule has 0 amide bonds. The average molecular weight is 249 g/mol. The van der Waals surface area contributed by atoms with Crippen LogP contribution in [-0.4, -0.2) is 71.2 Å². The average Bonchev–Trinajstić information content (AvgIpc) is 2.82. The standard InChI is InChI=1S/C13H23N5/c1(4-17-5-2-14-12-17)3-16-6-8-18(9-7-16)13-10-15-11-13/h2,5,12-13,15H,1,3-4,6-11H2. The lowest BCUT2D eigenvalue weighted by molar-refractivity contribution is 0.0719. The first-order valence-electron chi connectivity index (χ1n) is 7.05. The predicted molar refractivity (Wildman–Crippen MR) is 71.5 cm³/mol. The van der Waals surface area contributed by atoms with Crippen molar-refractivity contribution >= 4 is 0 Å². The van der Waals surface area contributed by atoms with E-state index in [0.717, 1.165) is 12.6 Å². The zero-order chi connectivity index (χ0) is 12.2. The first-order chi connectivity index (χ1) is 8.92. The van der Waals surface area contributed by atoms with Crippen LogP contribution >= 0.6 is 0 Å². The van der Waals surface area contributed by atoms with E-state index in [0.29, 0.717) is 0 Å². The highest BCUT2D eigenvalue weighted by Crippen LogP contribution is 2.09.